The molecule has 0 aliphatic carbocycles. The van der Waals surface area contributed by atoms with Crippen LogP contribution in [0.5, 0.6) is 0 Å². The lowest BCUT2D eigenvalue weighted by Gasteiger charge is -2.15. The predicted molar refractivity (Wildman–Crippen MR) is 129 cm³/mol. The fraction of sp³-hybridized carbons (Fsp3) is 0.0800. The summed E-state index contributed by atoms with van der Waals surface area (Å²) in [6.45, 7) is 0. The van der Waals surface area contributed by atoms with Crippen LogP contribution in [0.4, 0.5) is 15.8 Å². The topological polar surface area (TPSA) is 80.5 Å². The van der Waals surface area contributed by atoms with Gasteiger partial charge in [0.15, 0.2) is 5.78 Å². The number of carbonyl (C=O) groups excluding carboxylic acids is 3. The highest BCUT2D eigenvalue weighted by molar-refractivity contribution is 8.00. The normalized spacial score (nSPS) is 16.1. The average molecular weight is 481 g/mol. The van der Waals surface area contributed by atoms with Crippen LogP contribution < -0.4 is 10.6 Å². The monoisotopic (exact) mass is 480 g/mol. The first-order chi connectivity index (χ1) is 15.8. The second-order valence-electron chi connectivity index (χ2n) is 7.33. The molecule has 1 aliphatic rings. The number of allylic oxidation sites excluding steroid dienone is 1. The number of anilines is 2. The molecule has 3 aromatic rings. The van der Waals surface area contributed by atoms with Crippen LogP contribution in [0.15, 0.2) is 77.7 Å². The molecule has 2 amide bonds. The molecule has 8 heteroatoms. The van der Waals surface area contributed by atoms with Crippen LogP contribution in [0.1, 0.15) is 22.3 Å². The van der Waals surface area contributed by atoms with E-state index in [9.17, 15) is 18.8 Å². The first kappa shape index (κ1) is 22.8. The molecule has 0 spiro atoms. The number of carbonyl (C=O) groups is 3. The Labute approximate surface area is 199 Å². The van der Waals surface area contributed by atoms with Gasteiger partial charge >= 0.3 is 0 Å². The van der Waals surface area contributed by atoms with Crippen molar-refractivity contribution in [2.45, 2.75) is 16.6 Å². The minimum absolute atomic E-state index is 0.0745. The maximum Gasteiger partial charge on any atom is 0.247 e. The van der Waals surface area contributed by atoms with Gasteiger partial charge in [-0.1, -0.05) is 23.7 Å². The minimum Gasteiger partial charge on any atom is -0.399 e. The SMILES string of the molecule is Nc1cccc(SC2CC(=O)N(c3ccc(C(=O)/C=C/c4c(F)cccc4Cl)cc3)C2=O)c1. The van der Waals surface area contributed by atoms with E-state index in [1.54, 1.807) is 30.3 Å². The zero-order chi connectivity index (χ0) is 23.5. The summed E-state index contributed by atoms with van der Waals surface area (Å²) >= 11 is 7.26. The summed E-state index contributed by atoms with van der Waals surface area (Å²) in [5.41, 5.74) is 7.21. The Bertz CT molecular complexity index is 1260. The van der Waals surface area contributed by atoms with Crippen molar-refractivity contribution in [3.8, 4) is 0 Å². The number of ketones is 1. The number of hydrogen-bond acceptors (Lipinski definition) is 5. The summed E-state index contributed by atoms with van der Waals surface area (Å²) in [7, 11) is 0. The highest BCUT2D eigenvalue weighted by Gasteiger charge is 2.40. The van der Waals surface area contributed by atoms with Crippen molar-refractivity contribution >= 4 is 58.4 Å². The number of benzene rings is 3. The van der Waals surface area contributed by atoms with Gasteiger partial charge < -0.3 is 5.73 Å². The van der Waals surface area contributed by atoms with E-state index in [1.807, 2.05) is 6.07 Å². The molecular formula is C25H18ClFN2O3S. The number of nitrogen functional groups attached to an aromatic ring is 1. The number of halogens is 2. The number of amides is 2. The van der Waals surface area contributed by atoms with Gasteiger partial charge in [0.2, 0.25) is 11.8 Å². The van der Waals surface area contributed by atoms with Crippen LogP contribution >= 0.6 is 23.4 Å². The summed E-state index contributed by atoms with van der Waals surface area (Å²) in [5.74, 6) is -1.52. The fourth-order valence-corrected chi connectivity index (χ4v) is 4.77. The highest BCUT2D eigenvalue weighted by Crippen LogP contribution is 2.34. The quantitative estimate of drug-likeness (QED) is 0.222. The van der Waals surface area contributed by atoms with E-state index < -0.39 is 11.1 Å². The number of nitrogens with zero attached hydrogens (tertiary/aromatic N) is 1. The minimum atomic E-state index is -0.547. The molecule has 2 N–H and O–H groups in total. The molecule has 4 rings (SSSR count). The van der Waals surface area contributed by atoms with Crippen LogP contribution in [-0.4, -0.2) is 22.8 Å². The van der Waals surface area contributed by atoms with Crippen LogP contribution in [0.2, 0.25) is 5.02 Å². The van der Waals surface area contributed by atoms with Crippen molar-refractivity contribution in [1.82, 2.24) is 0 Å². The Kier molecular flexibility index (Phi) is 6.62. The van der Waals surface area contributed by atoms with E-state index in [0.717, 1.165) is 9.80 Å². The van der Waals surface area contributed by atoms with Crippen LogP contribution in [0, 0.1) is 5.82 Å². The second kappa shape index (κ2) is 9.60. The van der Waals surface area contributed by atoms with E-state index in [2.05, 4.69) is 0 Å². The third-order valence-electron chi connectivity index (χ3n) is 5.05. The lowest BCUT2D eigenvalue weighted by molar-refractivity contribution is -0.121. The zero-order valence-electron chi connectivity index (χ0n) is 17.2. The van der Waals surface area contributed by atoms with Crippen molar-refractivity contribution in [3.05, 3.63) is 94.8 Å². The molecule has 3 aromatic carbocycles. The summed E-state index contributed by atoms with van der Waals surface area (Å²) in [6.07, 6.45) is 2.62. The number of hydrogen-bond donors (Lipinski definition) is 1. The molecule has 1 heterocycles. The Morgan fingerprint density at radius 1 is 1.09 bits per heavy atom. The smallest absolute Gasteiger partial charge is 0.247 e. The van der Waals surface area contributed by atoms with Crippen molar-refractivity contribution in [1.29, 1.82) is 0 Å². The van der Waals surface area contributed by atoms with E-state index in [4.69, 9.17) is 17.3 Å². The first-order valence-corrected chi connectivity index (χ1v) is 11.2. The molecule has 1 saturated heterocycles. The van der Waals surface area contributed by atoms with Gasteiger partial charge in [-0.25, -0.2) is 9.29 Å². The Morgan fingerprint density at radius 2 is 1.82 bits per heavy atom. The van der Waals surface area contributed by atoms with Gasteiger partial charge in [-0.15, -0.1) is 11.8 Å². The molecule has 0 radical (unpaired) electrons. The average Bonchev–Trinajstić information content (AvgIpc) is 3.06. The third-order valence-corrected chi connectivity index (χ3v) is 6.56. The van der Waals surface area contributed by atoms with Crippen molar-refractivity contribution in [2.75, 3.05) is 10.6 Å². The summed E-state index contributed by atoms with van der Waals surface area (Å²) in [6, 6.07) is 17.5. The highest BCUT2D eigenvalue weighted by atomic mass is 35.5. The van der Waals surface area contributed by atoms with Crippen LogP contribution in [0.3, 0.4) is 0 Å². The van der Waals surface area contributed by atoms with Crippen LogP contribution in [-0.2, 0) is 9.59 Å². The number of nitrogens with two attached hydrogens (primary N) is 1. The summed E-state index contributed by atoms with van der Waals surface area (Å²) in [4.78, 5) is 39.8. The molecule has 0 saturated carbocycles. The lowest BCUT2D eigenvalue weighted by Crippen LogP contribution is -2.31. The maximum absolute atomic E-state index is 13.9. The first-order valence-electron chi connectivity index (χ1n) is 9.99. The molecule has 166 valence electrons. The van der Waals surface area contributed by atoms with Gasteiger partial charge in [0, 0.05) is 28.1 Å². The standard InChI is InChI=1S/C25H18ClFN2O3S/c26-20-5-2-6-21(27)19(20)11-12-22(30)15-7-9-17(10-8-15)29-24(31)14-23(25(29)32)33-18-4-1-3-16(28)13-18/h1-13,23H,14,28H2/b12-11+. The third kappa shape index (κ3) is 4.99. The molecule has 1 unspecified atom stereocenters. The molecule has 0 bridgehead atoms. The van der Waals surface area contributed by atoms with E-state index in [-0.39, 0.29) is 34.6 Å². The van der Waals surface area contributed by atoms with E-state index >= 15 is 0 Å². The largest absolute Gasteiger partial charge is 0.399 e. The molecule has 33 heavy (non-hydrogen) atoms. The van der Waals surface area contributed by atoms with E-state index in [1.165, 1.54) is 54.2 Å². The van der Waals surface area contributed by atoms with Gasteiger partial charge in [0.1, 0.15) is 5.82 Å². The van der Waals surface area contributed by atoms with Crippen molar-refractivity contribution < 1.29 is 18.8 Å². The Morgan fingerprint density at radius 3 is 2.52 bits per heavy atom. The second-order valence-corrected chi connectivity index (χ2v) is 9.01. The zero-order valence-corrected chi connectivity index (χ0v) is 18.8. The summed E-state index contributed by atoms with van der Waals surface area (Å²) in [5, 5.41) is -0.347. The molecular weight excluding hydrogens is 463 g/mol. The van der Waals surface area contributed by atoms with Gasteiger partial charge in [-0.2, -0.15) is 0 Å². The molecule has 5 nitrogen and oxygen atoms in total. The number of thioether (sulfide) groups is 1. The lowest BCUT2D eigenvalue weighted by atomic mass is 10.1. The molecule has 1 atom stereocenters. The number of rotatable bonds is 6. The van der Waals surface area contributed by atoms with Crippen molar-refractivity contribution in [2.24, 2.45) is 0 Å². The Balaban J connectivity index is 1.47. The fourth-order valence-electron chi connectivity index (χ4n) is 3.42. The van der Waals surface area contributed by atoms with Gasteiger partial charge in [-0.05, 0) is 66.7 Å². The Hall–Kier alpha value is -3.42. The molecule has 1 aliphatic heterocycles. The maximum atomic E-state index is 13.9. The predicted octanol–water partition coefficient (Wildman–Crippen LogP) is 5.38. The van der Waals surface area contributed by atoms with Gasteiger partial charge in [0.25, 0.3) is 0 Å². The van der Waals surface area contributed by atoms with Crippen LogP contribution in [0.25, 0.3) is 6.08 Å². The molecule has 1 fully saturated rings. The van der Waals surface area contributed by atoms with Gasteiger partial charge in [-0.3, -0.25) is 14.4 Å². The molecule has 0 aromatic heterocycles. The van der Waals surface area contributed by atoms with E-state index in [0.29, 0.717) is 16.9 Å². The van der Waals surface area contributed by atoms with Gasteiger partial charge in [0.05, 0.1) is 16.0 Å². The van der Waals surface area contributed by atoms with Crippen molar-refractivity contribution in [3.63, 3.8) is 0 Å². The number of imide groups is 1. The summed E-state index contributed by atoms with van der Waals surface area (Å²) < 4.78 is 13.9.